The van der Waals surface area contributed by atoms with Gasteiger partial charge in [0.2, 0.25) is 0 Å². The topological polar surface area (TPSA) is 46.6 Å². The predicted octanol–water partition coefficient (Wildman–Crippen LogP) is 3.07. The van der Waals surface area contributed by atoms with Crippen LogP contribution in [0.25, 0.3) is 6.08 Å². The second-order valence-corrected chi connectivity index (χ2v) is 4.88. The first-order valence-electron chi connectivity index (χ1n) is 7.00. The van der Waals surface area contributed by atoms with Crippen molar-refractivity contribution in [3.05, 3.63) is 53.9 Å². The zero-order chi connectivity index (χ0) is 15.2. The average Bonchev–Trinajstić information content (AvgIpc) is 2.46. The Hall–Kier alpha value is -2.36. The molecule has 1 aliphatic heterocycles. The molecule has 1 heterocycles. The van der Waals surface area contributed by atoms with Gasteiger partial charge in [0, 0.05) is 24.9 Å². The number of nitrogens with zero attached hydrogens (tertiary/aromatic N) is 1. The number of benzene rings is 1. The Balaban J connectivity index is 2.25. The molecule has 0 N–H and O–H groups in total. The van der Waals surface area contributed by atoms with E-state index in [1.165, 1.54) is 6.08 Å². The summed E-state index contributed by atoms with van der Waals surface area (Å²) in [5.74, 6) is -0.272. The highest BCUT2D eigenvalue weighted by Gasteiger charge is 2.23. The number of hydrogen-bond donors (Lipinski definition) is 0. The van der Waals surface area contributed by atoms with E-state index < -0.39 is 0 Å². The Morgan fingerprint density at radius 2 is 2.10 bits per heavy atom. The molecule has 21 heavy (non-hydrogen) atoms. The van der Waals surface area contributed by atoms with Crippen LogP contribution in [0.1, 0.15) is 37.4 Å². The van der Waals surface area contributed by atoms with Crippen molar-refractivity contribution in [3.63, 3.8) is 0 Å². The van der Waals surface area contributed by atoms with Crippen molar-refractivity contribution in [2.75, 3.05) is 6.61 Å². The van der Waals surface area contributed by atoms with Gasteiger partial charge in [-0.3, -0.25) is 4.79 Å². The molecule has 0 amide bonds. The van der Waals surface area contributed by atoms with Gasteiger partial charge in [0.15, 0.2) is 0 Å². The van der Waals surface area contributed by atoms with Crippen molar-refractivity contribution in [1.82, 2.24) is 4.90 Å². The second kappa shape index (κ2) is 6.88. The number of carbonyl (C=O) groups is 2. The number of carbonyl (C=O) groups excluding carboxylic acids is 2. The van der Waals surface area contributed by atoms with Crippen LogP contribution in [0.3, 0.4) is 0 Å². The number of ketones is 1. The zero-order valence-corrected chi connectivity index (χ0v) is 12.3. The molecule has 1 atom stereocenters. The van der Waals surface area contributed by atoms with Gasteiger partial charge < -0.3 is 9.64 Å². The van der Waals surface area contributed by atoms with Gasteiger partial charge in [-0.05, 0) is 31.1 Å². The first-order chi connectivity index (χ1) is 10.1. The van der Waals surface area contributed by atoms with E-state index in [9.17, 15) is 9.59 Å². The number of hydrogen-bond acceptors (Lipinski definition) is 4. The summed E-state index contributed by atoms with van der Waals surface area (Å²) in [4.78, 5) is 24.9. The predicted molar refractivity (Wildman–Crippen MR) is 81.1 cm³/mol. The van der Waals surface area contributed by atoms with Gasteiger partial charge in [0.05, 0.1) is 12.6 Å². The summed E-state index contributed by atoms with van der Waals surface area (Å²) in [6.45, 7) is 3.69. The van der Waals surface area contributed by atoms with Crippen LogP contribution < -0.4 is 0 Å². The molecule has 4 nitrogen and oxygen atoms in total. The highest BCUT2D eigenvalue weighted by Crippen LogP contribution is 2.33. The summed E-state index contributed by atoms with van der Waals surface area (Å²) in [5.41, 5.74) is 2.19. The minimum absolute atomic E-state index is 0.0885. The Labute approximate surface area is 124 Å². The van der Waals surface area contributed by atoms with Gasteiger partial charge >= 0.3 is 5.97 Å². The van der Waals surface area contributed by atoms with Crippen LogP contribution in [0.4, 0.5) is 0 Å². The molecule has 4 heteroatoms. The monoisotopic (exact) mass is 285 g/mol. The van der Waals surface area contributed by atoms with Gasteiger partial charge in [-0.2, -0.15) is 0 Å². The lowest BCUT2D eigenvalue weighted by Gasteiger charge is -2.31. The average molecular weight is 285 g/mol. The maximum absolute atomic E-state index is 11.5. The summed E-state index contributed by atoms with van der Waals surface area (Å²) in [7, 11) is 0. The van der Waals surface area contributed by atoms with E-state index in [4.69, 9.17) is 4.74 Å². The molecule has 0 aliphatic carbocycles. The molecule has 0 saturated carbocycles. The number of Topliss-reactive ketones (excluding diaryl/α,β-unsaturated/α-hetero) is 1. The Kier molecular flexibility index (Phi) is 4.93. The largest absolute Gasteiger partial charge is 0.463 e. The molecule has 2 rings (SSSR count). The van der Waals surface area contributed by atoms with E-state index in [1.54, 1.807) is 20.0 Å². The lowest BCUT2D eigenvalue weighted by atomic mass is 9.93. The Morgan fingerprint density at radius 3 is 2.81 bits per heavy atom. The van der Waals surface area contributed by atoms with Gasteiger partial charge in [-0.15, -0.1) is 0 Å². The minimum Gasteiger partial charge on any atom is -0.463 e. The number of ether oxygens (including phenoxy) is 1. The Bertz CT molecular complexity index is 589. The quantitative estimate of drug-likeness (QED) is 0.616. The number of fused-ring (bicyclic) bond motifs is 1. The van der Waals surface area contributed by atoms with E-state index in [0.29, 0.717) is 13.0 Å². The fourth-order valence-electron chi connectivity index (χ4n) is 2.38. The molecular formula is C17H19NO3. The summed E-state index contributed by atoms with van der Waals surface area (Å²) >= 11 is 0. The van der Waals surface area contributed by atoms with E-state index in [2.05, 4.69) is 0 Å². The van der Waals surface area contributed by atoms with Crippen molar-refractivity contribution in [3.8, 4) is 0 Å². The third kappa shape index (κ3) is 3.81. The van der Waals surface area contributed by atoms with E-state index >= 15 is 0 Å². The van der Waals surface area contributed by atoms with Crippen LogP contribution in [-0.4, -0.2) is 23.3 Å². The van der Waals surface area contributed by atoms with Crippen LogP contribution in [0, 0.1) is 0 Å². The highest BCUT2D eigenvalue weighted by molar-refractivity contribution is 5.82. The first kappa shape index (κ1) is 15.0. The van der Waals surface area contributed by atoms with Crippen LogP contribution in [0.5, 0.6) is 0 Å². The molecule has 1 aromatic carbocycles. The third-order valence-corrected chi connectivity index (χ3v) is 3.29. The maximum Gasteiger partial charge on any atom is 0.332 e. The highest BCUT2D eigenvalue weighted by atomic mass is 16.5. The van der Waals surface area contributed by atoms with Gasteiger partial charge in [0.1, 0.15) is 5.78 Å². The van der Waals surface area contributed by atoms with E-state index in [1.807, 2.05) is 41.4 Å². The standard InChI is InChI=1S/C17H19NO3/c1-3-21-17(20)9-11-18-10-8-14-6-4-5-7-15(14)16(18)12-13(2)19/h4-11,16H,3,12H2,1-2H3/b11-9-. The number of esters is 1. The first-order valence-corrected chi connectivity index (χ1v) is 7.00. The molecule has 1 aliphatic rings. The van der Waals surface area contributed by atoms with Gasteiger partial charge in [0.25, 0.3) is 0 Å². The van der Waals surface area contributed by atoms with Crippen LogP contribution >= 0.6 is 0 Å². The molecule has 110 valence electrons. The second-order valence-electron chi connectivity index (χ2n) is 4.88. The molecule has 0 radical (unpaired) electrons. The van der Waals surface area contributed by atoms with Crippen molar-refractivity contribution >= 4 is 17.8 Å². The normalized spacial score (nSPS) is 16.9. The van der Waals surface area contributed by atoms with Crippen LogP contribution in [0.2, 0.25) is 0 Å². The molecular weight excluding hydrogens is 266 g/mol. The summed E-state index contributed by atoms with van der Waals surface area (Å²) < 4.78 is 4.88. The van der Waals surface area contributed by atoms with Crippen molar-refractivity contribution in [1.29, 1.82) is 0 Å². The zero-order valence-electron chi connectivity index (χ0n) is 12.3. The van der Waals surface area contributed by atoms with E-state index in [-0.39, 0.29) is 17.8 Å². The molecule has 0 bridgehead atoms. The Morgan fingerprint density at radius 1 is 1.33 bits per heavy atom. The molecule has 0 fully saturated rings. The van der Waals surface area contributed by atoms with Crippen LogP contribution in [-0.2, 0) is 14.3 Å². The molecule has 0 aromatic heterocycles. The lowest BCUT2D eigenvalue weighted by Crippen LogP contribution is -2.24. The van der Waals surface area contributed by atoms with Crippen LogP contribution in [0.15, 0.2) is 42.7 Å². The van der Waals surface area contributed by atoms with Crippen molar-refractivity contribution in [2.24, 2.45) is 0 Å². The lowest BCUT2D eigenvalue weighted by molar-refractivity contribution is -0.137. The summed E-state index contributed by atoms with van der Waals surface area (Å²) in [5, 5.41) is 0. The van der Waals surface area contributed by atoms with Crippen molar-refractivity contribution in [2.45, 2.75) is 26.3 Å². The smallest absolute Gasteiger partial charge is 0.332 e. The molecule has 0 spiro atoms. The molecule has 1 unspecified atom stereocenters. The fourth-order valence-corrected chi connectivity index (χ4v) is 2.38. The molecule has 0 saturated heterocycles. The van der Waals surface area contributed by atoms with Gasteiger partial charge in [-0.25, -0.2) is 4.79 Å². The SMILES string of the molecule is CCOC(=O)/C=C\N1C=Cc2ccccc2C1CC(C)=O. The van der Waals surface area contributed by atoms with Gasteiger partial charge in [-0.1, -0.05) is 24.3 Å². The minimum atomic E-state index is -0.383. The summed E-state index contributed by atoms with van der Waals surface area (Å²) in [6, 6.07) is 7.87. The van der Waals surface area contributed by atoms with E-state index in [0.717, 1.165) is 11.1 Å². The number of rotatable bonds is 5. The third-order valence-electron chi connectivity index (χ3n) is 3.29. The van der Waals surface area contributed by atoms with Crippen molar-refractivity contribution < 1.29 is 14.3 Å². The maximum atomic E-state index is 11.5. The fraction of sp³-hybridized carbons (Fsp3) is 0.294. The molecule has 1 aromatic rings. The summed E-state index contributed by atoms with van der Waals surface area (Å²) in [6.07, 6.45) is 7.30.